The molecule has 0 amide bonds. The highest BCUT2D eigenvalue weighted by atomic mass is 32.2. The summed E-state index contributed by atoms with van der Waals surface area (Å²) < 4.78 is 45.8. The lowest BCUT2D eigenvalue weighted by atomic mass is 9.68. The van der Waals surface area contributed by atoms with Crippen molar-refractivity contribution in [2.75, 3.05) is 0 Å². The average Bonchev–Trinajstić information content (AvgIpc) is 0.773. The van der Waals surface area contributed by atoms with Gasteiger partial charge in [-0.3, -0.25) is 38.4 Å². The second-order valence-electron chi connectivity index (χ2n) is 41.5. The fourth-order valence-electron chi connectivity index (χ4n) is 18.7. The van der Waals surface area contributed by atoms with Crippen molar-refractivity contribution in [2.45, 2.75) is 405 Å². The third kappa shape index (κ3) is 34.3. The minimum Gasteiger partial charge on any atom is -0.390 e. The van der Waals surface area contributed by atoms with Crippen LogP contribution in [0.3, 0.4) is 0 Å². The molecule has 8 heterocycles. The van der Waals surface area contributed by atoms with Crippen molar-refractivity contribution in [1.29, 1.82) is 0 Å². The Hall–Kier alpha value is -5.43. The van der Waals surface area contributed by atoms with E-state index in [1.165, 1.54) is 72.7 Å². The molecule has 8 aliphatic heterocycles. The smallest absolute Gasteiger partial charge is 0.159 e. The number of carbonyl (C=O) groups excluding carboxylic acids is 8. The number of hydrogen-bond acceptors (Lipinski definition) is 29. The zero-order chi connectivity index (χ0) is 104. The summed E-state index contributed by atoms with van der Waals surface area (Å²) in [6.07, 6.45) is -8.33. The first-order valence-electron chi connectivity index (χ1n) is 48.5. The molecule has 8 saturated heterocycles. The maximum Gasteiger partial charge on any atom is 0.159 e. The van der Waals surface area contributed by atoms with Crippen LogP contribution in [0.4, 0.5) is 0 Å². The van der Waals surface area contributed by atoms with Crippen LogP contribution < -0.4 is 0 Å². The van der Waals surface area contributed by atoms with E-state index < -0.39 is 102 Å². The molecule has 0 spiro atoms. The van der Waals surface area contributed by atoms with Crippen LogP contribution in [-0.4, -0.2) is 230 Å². The molecule has 29 heteroatoms. The number of Topliss-reactive ketones (excluding diaryl/α,β-unsaturated/α-hetero) is 8. The van der Waals surface area contributed by atoms with Gasteiger partial charge in [-0.2, -0.15) is 0 Å². The lowest BCUT2D eigenvalue weighted by molar-refractivity contribution is -0.197. The standard InChI is InChI=1S/3C16H22O3S.2C15H20O3S.C11H20O3.2C10H18O3.3CH4/c3*1-10-13(18)15(20-12-8-6-5-7-9-12)19-14(11(2)17)16(10,3)4;2*1-9-10(2)14(11(3)16)18-15(13(9)17)19-12-7-5-4-6-8-12;1-6-9(13)8(3)14-10(7(2)12)11(6,4)5;2*1-5-6(2)10(7(3)11)13-8(4)9(5)12;;;/h3*5-10,13-15,18H,1-4H3;2*4-10,13-15,17H,1-3H3;6,8-10,13H,1-5H3;2*5-6,8-10,12H,1-4H3;3*1H4. The van der Waals surface area contributed by atoms with Crippen molar-refractivity contribution in [3.05, 3.63) is 152 Å². The summed E-state index contributed by atoms with van der Waals surface area (Å²) in [6.45, 7) is 57.3. The molecule has 8 N–H and O–H groups in total. The Morgan fingerprint density at radius 2 is 0.376 bits per heavy atom. The summed E-state index contributed by atoms with van der Waals surface area (Å²) in [6, 6.07) is 49.1. The Bertz CT molecular complexity index is 4270. The van der Waals surface area contributed by atoms with Crippen molar-refractivity contribution in [3.8, 4) is 0 Å². The maximum atomic E-state index is 11.8. The quantitative estimate of drug-likeness (QED) is 0.0404. The molecule has 5 aromatic rings. The van der Waals surface area contributed by atoms with Crippen LogP contribution in [0.25, 0.3) is 0 Å². The number of ether oxygens (including phenoxy) is 8. The molecule has 0 saturated carbocycles. The zero-order valence-electron chi connectivity index (χ0n) is 86.9. The molecule has 8 fully saturated rings. The first-order valence-corrected chi connectivity index (χ1v) is 52.9. The van der Waals surface area contributed by atoms with Gasteiger partial charge in [0.15, 0.2) is 46.3 Å². The lowest BCUT2D eigenvalue weighted by Crippen LogP contribution is -2.56. The van der Waals surface area contributed by atoms with Gasteiger partial charge in [-0.15, -0.1) is 0 Å². The van der Waals surface area contributed by atoms with E-state index in [0.29, 0.717) is 0 Å². The van der Waals surface area contributed by atoms with E-state index in [2.05, 4.69) is 0 Å². The summed E-state index contributed by atoms with van der Waals surface area (Å²) in [5, 5.41) is 81.3. The topological polar surface area (TPSA) is 372 Å². The van der Waals surface area contributed by atoms with Crippen LogP contribution in [0, 0.1) is 92.7 Å². The van der Waals surface area contributed by atoms with Crippen LogP contribution in [0.15, 0.2) is 176 Å². The minimum absolute atomic E-state index is 0. The SMILES string of the molecule is C.C.C.CC(=O)C1OC(C)C(O)C(C)C1(C)C.CC(=O)C1OC(C)C(O)C(C)C1C.CC(=O)C1OC(C)C(O)C(C)C1C.CC(=O)C1OC(Sc2ccccc2)C(O)C(C)C1(C)C.CC(=O)C1OC(Sc2ccccc2)C(O)C(C)C1(C)C.CC(=O)C1OC(Sc2ccccc2)C(O)C(C)C1(C)C.CC(=O)C1OC(Sc2ccccc2)C(O)C(C)C1C.CC(=O)C1OC(Sc2ccccc2)C(O)C(C)C1C. The molecule has 0 aliphatic carbocycles. The molecule has 0 aromatic heterocycles. The van der Waals surface area contributed by atoms with Gasteiger partial charge in [0, 0.05) is 46.1 Å². The fraction of sp³-hybridized carbons (Fsp3) is 0.661. The lowest BCUT2D eigenvalue weighted by Gasteiger charge is -2.48. The van der Waals surface area contributed by atoms with Crippen LogP contribution in [0.1, 0.15) is 237 Å². The number of ketones is 8. The Morgan fingerprint density at radius 3 is 0.567 bits per heavy atom. The highest BCUT2D eigenvalue weighted by Crippen LogP contribution is 2.51. The van der Waals surface area contributed by atoms with Gasteiger partial charge in [0.05, 0.1) is 67.1 Å². The molecule has 13 rings (SSSR count). The number of hydrogen-bond donors (Lipinski definition) is 8. The normalized spacial score (nSPS) is 36.1. The maximum absolute atomic E-state index is 11.8. The van der Waals surface area contributed by atoms with Crippen LogP contribution >= 0.6 is 58.8 Å². The van der Waals surface area contributed by atoms with Gasteiger partial charge in [-0.25, -0.2) is 0 Å². The van der Waals surface area contributed by atoms with Gasteiger partial charge in [-0.1, -0.05) is 311 Å². The van der Waals surface area contributed by atoms with E-state index in [1.807, 2.05) is 311 Å². The summed E-state index contributed by atoms with van der Waals surface area (Å²) in [5.41, 5.74) is -3.38. The van der Waals surface area contributed by atoms with E-state index in [-0.39, 0.29) is 203 Å². The number of benzene rings is 5. The van der Waals surface area contributed by atoms with Gasteiger partial charge in [0.2, 0.25) is 0 Å². The molecule has 36 unspecified atom stereocenters. The second kappa shape index (κ2) is 57.9. The van der Waals surface area contributed by atoms with Crippen molar-refractivity contribution < 1.29 is 117 Å². The molecule has 24 nitrogen and oxygen atoms in total. The number of aliphatic hydroxyl groups excluding tert-OH is 8. The van der Waals surface area contributed by atoms with Gasteiger partial charge >= 0.3 is 0 Å². The predicted octanol–water partition coefficient (Wildman–Crippen LogP) is 20.1. The highest BCUT2D eigenvalue weighted by Gasteiger charge is 2.55. The van der Waals surface area contributed by atoms with Crippen molar-refractivity contribution in [1.82, 2.24) is 0 Å². The molecular formula is C112H174O24S5. The Balaban J connectivity index is 0.000000415. The monoisotopic (exact) mass is 2060 g/mol. The predicted molar refractivity (Wildman–Crippen MR) is 567 cm³/mol. The molecule has 8 aliphatic rings. The summed E-state index contributed by atoms with van der Waals surface area (Å²) in [7, 11) is 0. The number of rotatable bonds is 18. The molecule has 5 aromatic carbocycles. The zero-order valence-corrected chi connectivity index (χ0v) is 91.0. The van der Waals surface area contributed by atoms with Crippen LogP contribution in [0.5, 0.6) is 0 Å². The van der Waals surface area contributed by atoms with Gasteiger partial charge in [-0.05, 0) is 208 Å². The third-order valence-corrected chi connectivity index (χ3v) is 36.0. The molecule has 0 radical (unpaired) electrons. The molecular weight excluding hydrogens is 1890 g/mol. The van der Waals surface area contributed by atoms with E-state index >= 15 is 0 Å². The van der Waals surface area contributed by atoms with E-state index in [4.69, 9.17) is 37.9 Å². The van der Waals surface area contributed by atoms with E-state index in [9.17, 15) is 79.2 Å². The first-order chi connectivity index (χ1) is 64.2. The second-order valence-corrected chi connectivity index (χ2v) is 47.4. The van der Waals surface area contributed by atoms with Crippen molar-refractivity contribution >= 4 is 105 Å². The fourth-order valence-corrected chi connectivity index (χ4v) is 24.4. The van der Waals surface area contributed by atoms with Gasteiger partial charge in [0.25, 0.3) is 0 Å². The Kier molecular flexibility index (Phi) is 53.3. The number of carbonyl (C=O) groups is 8. The molecule has 36 atom stereocenters. The Labute approximate surface area is 865 Å². The largest absolute Gasteiger partial charge is 0.390 e. The van der Waals surface area contributed by atoms with Crippen molar-refractivity contribution in [3.63, 3.8) is 0 Å². The van der Waals surface area contributed by atoms with Gasteiger partial charge in [0.1, 0.15) is 76.0 Å². The summed E-state index contributed by atoms with van der Waals surface area (Å²) in [4.78, 5) is 97.8. The molecule has 0 bridgehead atoms. The van der Waals surface area contributed by atoms with Crippen molar-refractivity contribution in [2.24, 2.45) is 92.7 Å². The summed E-state index contributed by atoms with van der Waals surface area (Å²) >= 11 is 7.37. The average molecular weight is 2060 g/mol. The molecule has 141 heavy (non-hydrogen) atoms. The first kappa shape index (κ1) is 130. The third-order valence-electron chi connectivity index (χ3n) is 30.2. The number of aliphatic hydroxyl groups is 8. The minimum atomic E-state index is -0.592. The highest BCUT2D eigenvalue weighted by molar-refractivity contribution is 8.00. The van der Waals surface area contributed by atoms with Crippen LogP contribution in [-0.2, 0) is 76.3 Å². The summed E-state index contributed by atoms with van der Waals surface area (Å²) in [5.74, 6) is 0.943. The Morgan fingerprint density at radius 1 is 0.213 bits per heavy atom. The van der Waals surface area contributed by atoms with Gasteiger partial charge < -0.3 is 78.7 Å². The molecule has 796 valence electrons. The van der Waals surface area contributed by atoms with Crippen LogP contribution in [0.2, 0.25) is 0 Å². The van der Waals surface area contributed by atoms with E-state index in [0.717, 1.165) is 24.5 Å². The van der Waals surface area contributed by atoms with E-state index in [1.54, 1.807) is 41.5 Å². The number of thioether (sulfide) groups is 5.